The van der Waals surface area contributed by atoms with Crippen molar-refractivity contribution in [2.24, 2.45) is 11.7 Å². The first-order valence-corrected chi connectivity index (χ1v) is 4.94. The summed E-state index contributed by atoms with van der Waals surface area (Å²) in [6.07, 6.45) is 5.69. The second kappa shape index (κ2) is 3.46. The minimum absolute atomic E-state index is 0.196. The highest BCUT2D eigenvalue weighted by molar-refractivity contribution is 5.22. The Labute approximate surface area is 79.2 Å². The van der Waals surface area contributed by atoms with E-state index in [1.807, 2.05) is 19.2 Å². The number of hydrogen-bond acceptors (Lipinski definition) is 2. The summed E-state index contributed by atoms with van der Waals surface area (Å²) in [7, 11) is 0. The molecule has 0 radical (unpaired) electrons. The molecule has 2 rings (SSSR count). The van der Waals surface area contributed by atoms with E-state index in [2.05, 4.69) is 11.1 Å². The van der Waals surface area contributed by atoms with E-state index in [4.69, 9.17) is 5.73 Å². The molecule has 1 unspecified atom stereocenters. The van der Waals surface area contributed by atoms with E-state index >= 15 is 0 Å². The van der Waals surface area contributed by atoms with Gasteiger partial charge in [0.05, 0.1) is 0 Å². The van der Waals surface area contributed by atoms with Crippen molar-refractivity contribution in [1.29, 1.82) is 0 Å². The van der Waals surface area contributed by atoms with Gasteiger partial charge in [0.25, 0.3) is 0 Å². The van der Waals surface area contributed by atoms with Crippen molar-refractivity contribution in [3.8, 4) is 0 Å². The first-order valence-electron chi connectivity index (χ1n) is 4.94. The maximum absolute atomic E-state index is 6.10. The largest absolute Gasteiger partial charge is 0.324 e. The molecule has 0 spiro atoms. The van der Waals surface area contributed by atoms with Crippen LogP contribution in [0.3, 0.4) is 0 Å². The van der Waals surface area contributed by atoms with Gasteiger partial charge in [0.15, 0.2) is 0 Å². The molecule has 1 saturated carbocycles. The third-order valence-corrected chi connectivity index (χ3v) is 2.73. The molecular formula is C11H16N2. The highest BCUT2D eigenvalue weighted by Gasteiger charge is 2.24. The Hall–Kier alpha value is -0.890. The molecule has 1 aromatic rings. The summed E-state index contributed by atoms with van der Waals surface area (Å²) < 4.78 is 0. The van der Waals surface area contributed by atoms with E-state index in [1.54, 1.807) is 0 Å². The van der Waals surface area contributed by atoms with Crippen LogP contribution in [0.1, 0.15) is 36.6 Å². The fraction of sp³-hybridized carbons (Fsp3) is 0.545. The van der Waals surface area contributed by atoms with Crippen LogP contribution >= 0.6 is 0 Å². The van der Waals surface area contributed by atoms with E-state index in [-0.39, 0.29) is 6.04 Å². The number of nitrogens with two attached hydrogens (primary N) is 1. The number of hydrogen-bond donors (Lipinski definition) is 1. The smallest absolute Gasteiger partial charge is 0.0420 e. The van der Waals surface area contributed by atoms with Crippen molar-refractivity contribution in [2.75, 3.05) is 0 Å². The Morgan fingerprint density at radius 1 is 1.62 bits per heavy atom. The van der Waals surface area contributed by atoms with Gasteiger partial charge in [0, 0.05) is 17.9 Å². The zero-order chi connectivity index (χ0) is 9.26. The standard InChI is InChI=1S/C11H16N2/c1-8-10(3-2-6-13-8)11(12)7-9-4-5-9/h2-3,6,9,11H,4-5,7,12H2,1H3. The van der Waals surface area contributed by atoms with E-state index in [1.165, 1.54) is 18.4 Å². The molecule has 1 aromatic heterocycles. The summed E-state index contributed by atoms with van der Waals surface area (Å²) in [5, 5.41) is 0. The monoisotopic (exact) mass is 176 g/mol. The van der Waals surface area contributed by atoms with Crippen molar-refractivity contribution in [1.82, 2.24) is 4.98 Å². The molecule has 13 heavy (non-hydrogen) atoms. The van der Waals surface area contributed by atoms with Crippen LogP contribution in [0.2, 0.25) is 0 Å². The lowest BCUT2D eigenvalue weighted by molar-refractivity contribution is 0.592. The number of aryl methyl sites for hydroxylation is 1. The number of rotatable bonds is 3. The minimum Gasteiger partial charge on any atom is -0.324 e. The molecule has 1 heterocycles. The van der Waals surface area contributed by atoms with Gasteiger partial charge in [-0.05, 0) is 30.9 Å². The van der Waals surface area contributed by atoms with Gasteiger partial charge < -0.3 is 5.73 Å². The highest BCUT2D eigenvalue weighted by Crippen LogP contribution is 2.36. The molecule has 1 atom stereocenters. The first kappa shape index (κ1) is 8.70. The Balaban J connectivity index is 2.09. The quantitative estimate of drug-likeness (QED) is 0.766. The summed E-state index contributed by atoms with van der Waals surface area (Å²) in [5.74, 6) is 0.884. The van der Waals surface area contributed by atoms with Gasteiger partial charge in [0.2, 0.25) is 0 Å². The SMILES string of the molecule is Cc1ncccc1C(N)CC1CC1. The fourth-order valence-electron chi connectivity index (χ4n) is 1.73. The average Bonchev–Trinajstić information content (AvgIpc) is 2.89. The van der Waals surface area contributed by atoms with Crippen LogP contribution in [-0.2, 0) is 0 Å². The lowest BCUT2D eigenvalue weighted by Crippen LogP contribution is -2.12. The number of nitrogens with zero attached hydrogens (tertiary/aromatic N) is 1. The molecule has 2 heteroatoms. The topological polar surface area (TPSA) is 38.9 Å². The summed E-state index contributed by atoms with van der Waals surface area (Å²) in [5.41, 5.74) is 8.39. The van der Waals surface area contributed by atoms with Gasteiger partial charge in [-0.15, -0.1) is 0 Å². The number of aromatic nitrogens is 1. The highest BCUT2D eigenvalue weighted by atomic mass is 14.7. The molecule has 0 saturated heterocycles. The molecule has 1 aliphatic carbocycles. The zero-order valence-electron chi connectivity index (χ0n) is 8.03. The molecule has 0 amide bonds. The van der Waals surface area contributed by atoms with Gasteiger partial charge in [-0.1, -0.05) is 18.9 Å². The molecule has 0 aliphatic heterocycles. The van der Waals surface area contributed by atoms with Crippen molar-refractivity contribution in [3.05, 3.63) is 29.6 Å². The van der Waals surface area contributed by atoms with Crippen molar-refractivity contribution < 1.29 is 0 Å². The van der Waals surface area contributed by atoms with Crippen LogP contribution in [-0.4, -0.2) is 4.98 Å². The molecule has 2 nitrogen and oxygen atoms in total. The molecule has 0 aromatic carbocycles. The third-order valence-electron chi connectivity index (χ3n) is 2.73. The van der Waals surface area contributed by atoms with Crippen LogP contribution in [0.4, 0.5) is 0 Å². The maximum Gasteiger partial charge on any atom is 0.0420 e. The van der Waals surface area contributed by atoms with Crippen molar-refractivity contribution in [3.63, 3.8) is 0 Å². The van der Waals surface area contributed by atoms with Crippen LogP contribution < -0.4 is 5.73 Å². The minimum atomic E-state index is 0.196. The predicted octanol–water partition coefficient (Wildman–Crippen LogP) is 2.19. The van der Waals surface area contributed by atoms with Gasteiger partial charge >= 0.3 is 0 Å². The second-order valence-corrected chi connectivity index (χ2v) is 3.96. The van der Waals surface area contributed by atoms with Crippen LogP contribution in [0.15, 0.2) is 18.3 Å². The van der Waals surface area contributed by atoms with Crippen molar-refractivity contribution >= 4 is 0 Å². The number of pyridine rings is 1. The fourth-order valence-corrected chi connectivity index (χ4v) is 1.73. The normalized spacial score (nSPS) is 18.6. The Morgan fingerprint density at radius 3 is 3.00 bits per heavy atom. The van der Waals surface area contributed by atoms with Gasteiger partial charge in [0.1, 0.15) is 0 Å². The molecule has 70 valence electrons. The van der Waals surface area contributed by atoms with E-state index in [0.717, 1.165) is 18.0 Å². The summed E-state index contributed by atoms with van der Waals surface area (Å²) in [6.45, 7) is 2.03. The Bertz CT molecular complexity index is 292. The van der Waals surface area contributed by atoms with Crippen LogP contribution in [0, 0.1) is 12.8 Å². The summed E-state index contributed by atoms with van der Waals surface area (Å²) in [4.78, 5) is 4.25. The van der Waals surface area contributed by atoms with Crippen LogP contribution in [0.25, 0.3) is 0 Å². The van der Waals surface area contributed by atoms with Gasteiger partial charge in [-0.3, -0.25) is 4.98 Å². The lowest BCUT2D eigenvalue weighted by atomic mass is 10.0. The molecule has 2 N–H and O–H groups in total. The van der Waals surface area contributed by atoms with Crippen LogP contribution in [0.5, 0.6) is 0 Å². The second-order valence-electron chi connectivity index (χ2n) is 3.96. The van der Waals surface area contributed by atoms with E-state index in [0.29, 0.717) is 0 Å². The molecule has 0 bridgehead atoms. The third kappa shape index (κ3) is 2.07. The average molecular weight is 176 g/mol. The zero-order valence-corrected chi connectivity index (χ0v) is 8.03. The maximum atomic E-state index is 6.10. The summed E-state index contributed by atoms with van der Waals surface area (Å²) in [6, 6.07) is 4.26. The van der Waals surface area contributed by atoms with E-state index in [9.17, 15) is 0 Å². The van der Waals surface area contributed by atoms with Gasteiger partial charge in [-0.25, -0.2) is 0 Å². The van der Waals surface area contributed by atoms with Crippen molar-refractivity contribution in [2.45, 2.75) is 32.2 Å². The Kier molecular flexibility index (Phi) is 2.32. The molecular weight excluding hydrogens is 160 g/mol. The predicted molar refractivity (Wildman–Crippen MR) is 53.2 cm³/mol. The Morgan fingerprint density at radius 2 is 2.38 bits per heavy atom. The first-order chi connectivity index (χ1) is 6.27. The molecule has 1 fully saturated rings. The van der Waals surface area contributed by atoms with E-state index < -0.39 is 0 Å². The molecule has 1 aliphatic rings. The summed E-state index contributed by atoms with van der Waals surface area (Å²) >= 11 is 0. The lowest BCUT2D eigenvalue weighted by Gasteiger charge is -2.12. The van der Waals surface area contributed by atoms with Gasteiger partial charge in [-0.2, -0.15) is 0 Å².